The Kier molecular flexibility index (Phi) is 4.36. The number of hydrogen-bond acceptors (Lipinski definition) is 4. The summed E-state index contributed by atoms with van der Waals surface area (Å²) in [4.78, 5) is 7.94. The van der Waals surface area contributed by atoms with E-state index in [0.29, 0.717) is 17.6 Å². The smallest absolute Gasteiger partial charge is 0.233 e. The lowest BCUT2D eigenvalue weighted by atomic mass is 9.97. The lowest BCUT2D eigenvalue weighted by Crippen LogP contribution is -2.30. The summed E-state index contributed by atoms with van der Waals surface area (Å²) in [7, 11) is 0. The molecular weight excluding hydrogens is 226 g/mol. The van der Waals surface area contributed by atoms with E-state index in [1.807, 2.05) is 0 Å². The van der Waals surface area contributed by atoms with Crippen LogP contribution in [0.25, 0.3) is 0 Å². The van der Waals surface area contributed by atoms with Crippen LogP contribution in [0.2, 0.25) is 5.15 Å². The Hall–Kier alpha value is -0.870. The molecule has 1 N–H and O–H groups in total. The van der Waals surface area contributed by atoms with Crippen molar-refractivity contribution in [3.8, 4) is 5.88 Å². The topological polar surface area (TPSA) is 47.0 Å². The zero-order chi connectivity index (χ0) is 11.2. The third-order valence-corrected chi connectivity index (χ3v) is 2.94. The molecule has 0 aliphatic carbocycles. The van der Waals surface area contributed by atoms with E-state index in [9.17, 15) is 0 Å². The van der Waals surface area contributed by atoms with Gasteiger partial charge >= 0.3 is 0 Å². The lowest BCUT2D eigenvalue weighted by molar-refractivity contribution is 0.246. The van der Waals surface area contributed by atoms with Gasteiger partial charge in [0.2, 0.25) is 5.88 Å². The second-order valence-electron chi connectivity index (χ2n) is 4.03. The third-order valence-electron chi connectivity index (χ3n) is 2.76. The molecule has 0 radical (unpaired) electrons. The van der Waals surface area contributed by atoms with Crippen LogP contribution in [0.1, 0.15) is 19.3 Å². The molecule has 1 aromatic heterocycles. The Morgan fingerprint density at radius 3 is 3.19 bits per heavy atom. The zero-order valence-corrected chi connectivity index (χ0v) is 9.91. The van der Waals surface area contributed by atoms with Crippen molar-refractivity contribution in [2.45, 2.75) is 19.3 Å². The van der Waals surface area contributed by atoms with E-state index in [2.05, 4.69) is 15.3 Å². The average Bonchev–Trinajstić information content (AvgIpc) is 2.30. The van der Waals surface area contributed by atoms with Crippen LogP contribution in [0.4, 0.5) is 0 Å². The Labute approximate surface area is 100 Å². The van der Waals surface area contributed by atoms with E-state index in [1.165, 1.54) is 19.0 Å². The Balaban J connectivity index is 1.71. The van der Waals surface area contributed by atoms with Crippen molar-refractivity contribution in [1.29, 1.82) is 0 Å². The van der Waals surface area contributed by atoms with E-state index < -0.39 is 0 Å². The van der Waals surface area contributed by atoms with E-state index in [0.717, 1.165) is 25.4 Å². The van der Waals surface area contributed by atoms with Crippen molar-refractivity contribution in [2.24, 2.45) is 5.92 Å². The third kappa shape index (κ3) is 3.61. The first-order valence-electron chi connectivity index (χ1n) is 5.65. The number of piperidine rings is 1. The highest BCUT2D eigenvalue weighted by atomic mass is 35.5. The van der Waals surface area contributed by atoms with Crippen LogP contribution in [0, 0.1) is 5.92 Å². The van der Waals surface area contributed by atoms with Gasteiger partial charge < -0.3 is 10.1 Å². The number of ether oxygens (including phenoxy) is 1. The van der Waals surface area contributed by atoms with Crippen LogP contribution in [0.3, 0.4) is 0 Å². The molecule has 0 aromatic carbocycles. The maximum atomic E-state index is 5.71. The predicted octanol–water partition coefficient (Wildman–Crippen LogP) is 1.90. The van der Waals surface area contributed by atoms with E-state index in [-0.39, 0.29) is 0 Å². The molecule has 1 aliphatic heterocycles. The number of rotatable bonds is 4. The highest BCUT2D eigenvalue weighted by Crippen LogP contribution is 2.15. The molecule has 1 aliphatic rings. The summed E-state index contributed by atoms with van der Waals surface area (Å²) in [6.45, 7) is 2.93. The zero-order valence-electron chi connectivity index (χ0n) is 9.16. The van der Waals surface area contributed by atoms with Crippen molar-refractivity contribution >= 4 is 11.6 Å². The molecule has 0 unspecified atom stereocenters. The van der Waals surface area contributed by atoms with Crippen molar-refractivity contribution in [3.63, 3.8) is 0 Å². The van der Waals surface area contributed by atoms with Gasteiger partial charge in [0.15, 0.2) is 5.15 Å². The van der Waals surface area contributed by atoms with Crippen LogP contribution in [-0.4, -0.2) is 29.7 Å². The van der Waals surface area contributed by atoms with Gasteiger partial charge in [0.25, 0.3) is 0 Å². The van der Waals surface area contributed by atoms with E-state index in [1.54, 1.807) is 6.20 Å². The molecule has 0 bridgehead atoms. The first-order valence-corrected chi connectivity index (χ1v) is 6.03. The Morgan fingerprint density at radius 1 is 1.50 bits per heavy atom. The molecule has 4 nitrogen and oxygen atoms in total. The molecular formula is C11H16ClN3O. The molecule has 16 heavy (non-hydrogen) atoms. The molecule has 0 saturated carbocycles. The molecule has 1 aromatic rings. The standard InChI is InChI=1S/C11H16ClN3O/c12-10-7-14-8-11(15-10)16-5-3-9-2-1-4-13-6-9/h7-9,13H,1-6H2/t9-/m1/s1. The van der Waals surface area contributed by atoms with Gasteiger partial charge in [-0.1, -0.05) is 11.6 Å². The van der Waals surface area contributed by atoms with Gasteiger partial charge in [0.05, 0.1) is 19.0 Å². The first-order chi connectivity index (χ1) is 7.84. The molecule has 2 heterocycles. The van der Waals surface area contributed by atoms with Crippen molar-refractivity contribution in [1.82, 2.24) is 15.3 Å². The Bertz CT molecular complexity index is 329. The fourth-order valence-corrected chi connectivity index (χ4v) is 2.04. The average molecular weight is 242 g/mol. The van der Waals surface area contributed by atoms with Crippen LogP contribution in [-0.2, 0) is 0 Å². The van der Waals surface area contributed by atoms with Crippen molar-refractivity contribution in [2.75, 3.05) is 19.7 Å². The minimum absolute atomic E-state index is 0.372. The quantitative estimate of drug-likeness (QED) is 0.875. The molecule has 5 heteroatoms. The fourth-order valence-electron chi connectivity index (χ4n) is 1.90. The first kappa shape index (κ1) is 11.6. The van der Waals surface area contributed by atoms with Gasteiger partial charge in [-0.25, -0.2) is 0 Å². The molecule has 1 fully saturated rings. The molecule has 0 amide bonds. The summed E-state index contributed by atoms with van der Waals surface area (Å²) in [5.74, 6) is 1.23. The maximum Gasteiger partial charge on any atom is 0.233 e. The summed E-state index contributed by atoms with van der Waals surface area (Å²) in [5.41, 5.74) is 0. The summed E-state index contributed by atoms with van der Waals surface area (Å²) in [6.07, 6.45) is 6.70. The summed E-state index contributed by atoms with van der Waals surface area (Å²) < 4.78 is 5.50. The lowest BCUT2D eigenvalue weighted by Gasteiger charge is -2.22. The molecule has 1 atom stereocenters. The van der Waals surface area contributed by atoms with Crippen LogP contribution < -0.4 is 10.1 Å². The van der Waals surface area contributed by atoms with Crippen LogP contribution in [0.5, 0.6) is 5.88 Å². The number of nitrogens with zero attached hydrogens (tertiary/aromatic N) is 2. The second-order valence-corrected chi connectivity index (χ2v) is 4.42. The fraction of sp³-hybridized carbons (Fsp3) is 0.636. The second kappa shape index (κ2) is 6.01. The minimum atomic E-state index is 0.372. The summed E-state index contributed by atoms with van der Waals surface area (Å²) in [6, 6.07) is 0. The summed E-state index contributed by atoms with van der Waals surface area (Å²) in [5, 5.41) is 3.76. The van der Waals surface area contributed by atoms with Crippen LogP contribution in [0.15, 0.2) is 12.4 Å². The van der Waals surface area contributed by atoms with Gasteiger partial charge in [-0.3, -0.25) is 4.98 Å². The minimum Gasteiger partial charge on any atom is -0.477 e. The van der Waals surface area contributed by atoms with Gasteiger partial charge in [-0.15, -0.1) is 0 Å². The molecule has 2 rings (SSSR count). The normalized spacial score (nSPS) is 20.7. The van der Waals surface area contributed by atoms with Crippen molar-refractivity contribution in [3.05, 3.63) is 17.5 Å². The Morgan fingerprint density at radius 2 is 2.44 bits per heavy atom. The van der Waals surface area contributed by atoms with E-state index in [4.69, 9.17) is 16.3 Å². The predicted molar refractivity (Wildman–Crippen MR) is 62.7 cm³/mol. The van der Waals surface area contributed by atoms with Gasteiger partial charge in [-0.05, 0) is 38.3 Å². The van der Waals surface area contributed by atoms with Crippen LogP contribution >= 0.6 is 11.6 Å². The largest absolute Gasteiger partial charge is 0.477 e. The number of halogens is 1. The number of hydrogen-bond donors (Lipinski definition) is 1. The molecule has 1 saturated heterocycles. The van der Waals surface area contributed by atoms with Crippen molar-refractivity contribution < 1.29 is 4.74 Å². The summed E-state index contributed by atoms with van der Waals surface area (Å²) >= 11 is 5.71. The molecule has 88 valence electrons. The highest BCUT2D eigenvalue weighted by molar-refractivity contribution is 6.29. The van der Waals surface area contributed by atoms with Gasteiger partial charge in [-0.2, -0.15) is 4.98 Å². The number of nitrogens with one attached hydrogen (secondary N) is 1. The van der Waals surface area contributed by atoms with Gasteiger partial charge in [0, 0.05) is 0 Å². The van der Waals surface area contributed by atoms with Gasteiger partial charge in [0.1, 0.15) is 0 Å². The monoisotopic (exact) mass is 241 g/mol. The molecule has 0 spiro atoms. The highest BCUT2D eigenvalue weighted by Gasteiger charge is 2.12. The maximum absolute atomic E-state index is 5.71. The SMILES string of the molecule is Clc1cncc(OCC[C@H]2CCCNC2)n1. The number of aromatic nitrogens is 2. The van der Waals surface area contributed by atoms with E-state index >= 15 is 0 Å².